The number of carboxylic acids is 1. The van der Waals surface area contributed by atoms with Crippen molar-refractivity contribution in [3.05, 3.63) is 40.7 Å². The molecule has 1 aromatic carbocycles. The maximum absolute atomic E-state index is 11.3. The van der Waals surface area contributed by atoms with Gasteiger partial charge in [0.1, 0.15) is 0 Å². The average molecular weight is 244 g/mol. The van der Waals surface area contributed by atoms with Gasteiger partial charge in [0.2, 0.25) is 0 Å². The standard InChI is InChI=1S/C14H16N2O2/c1-8-5-6-11(12(7-8)14(17)18)13-9(2)15-16(4)10(13)3/h5-7H,1-4H3,(H,17,18). The number of benzene rings is 1. The highest BCUT2D eigenvalue weighted by Crippen LogP contribution is 2.30. The molecule has 0 bridgehead atoms. The highest BCUT2D eigenvalue weighted by atomic mass is 16.4. The van der Waals surface area contributed by atoms with Gasteiger partial charge >= 0.3 is 5.97 Å². The van der Waals surface area contributed by atoms with Crippen LogP contribution in [0.1, 0.15) is 27.3 Å². The Labute approximate surface area is 106 Å². The van der Waals surface area contributed by atoms with Gasteiger partial charge in [-0.15, -0.1) is 0 Å². The molecule has 0 fully saturated rings. The van der Waals surface area contributed by atoms with Crippen LogP contribution in [0, 0.1) is 20.8 Å². The molecule has 0 saturated carbocycles. The summed E-state index contributed by atoms with van der Waals surface area (Å²) in [6, 6.07) is 5.48. The lowest BCUT2D eigenvalue weighted by Crippen LogP contribution is -2.01. The van der Waals surface area contributed by atoms with Gasteiger partial charge in [0.05, 0.1) is 11.3 Å². The zero-order valence-electron chi connectivity index (χ0n) is 11.0. The highest BCUT2D eigenvalue weighted by Gasteiger charge is 2.18. The summed E-state index contributed by atoms with van der Waals surface area (Å²) in [5, 5.41) is 13.6. The Morgan fingerprint density at radius 3 is 2.44 bits per heavy atom. The molecular formula is C14H16N2O2. The minimum Gasteiger partial charge on any atom is -0.478 e. The van der Waals surface area contributed by atoms with Gasteiger partial charge in [-0.25, -0.2) is 4.79 Å². The summed E-state index contributed by atoms with van der Waals surface area (Å²) in [7, 11) is 1.86. The Hall–Kier alpha value is -2.10. The summed E-state index contributed by atoms with van der Waals surface area (Å²) in [5.74, 6) is -0.906. The number of aryl methyl sites for hydroxylation is 3. The number of hydrogen-bond acceptors (Lipinski definition) is 2. The van der Waals surface area contributed by atoms with Gasteiger partial charge in [-0.2, -0.15) is 5.10 Å². The molecule has 4 nitrogen and oxygen atoms in total. The van der Waals surface area contributed by atoms with Crippen molar-refractivity contribution in [1.82, 2.24) is 9.78 Å². The minimum absolute atomic E-state index is 0.328. The zero-order valence-corrected chi connectivity index (χ0v) is 11.0. The van der Waals surface area contributed by atoms with E-state index in [2.05, 4.69) is 5.10 Å². The third-order valence-corrected chi connectivity index (χ3v) is 3.18. The van der Waals surface area contributed by atoms with Crippen LogP contribution >= 0.6 is 0 Å². The SMILES string of the molecule is Cc1ccc(-c2c(C)nn(C)c2C)c(C(=O)O)c1. The second-order valence-electron chi connectivity index (χ2n) is 4.52. The summed E-state index contributed by atoms with van der Waals surface area (Å²) in [4.78, 5) is 11.3. The first-order chi connectivity index (χ1) is 8.41. The fourth-order valence-electron chi connectivity index (χ4n) is 2.22. The molecule has 0 saturated heterocycles. The number of aromatic carboxylic acids is 1. The summed E-state index contributed by atoms with van der Waals surface area (Å²) >= 11 is 0. The molecule has 0 atom stereocenters. The molecule has 0 spiro atoms. The number of rotatable bonds is 2. The van der Waals surface area contributed by atoms with Crippen LogP contribution < -0.4 is 0 Å². The molecule has 0 radical (unpaired) electrons. The topological polar surface area (TPSA) is 55.1 Å². The van der Waals surface area contributed by atoms with Crippen LogP contribution in [-0.2, 0) is 7.05 Å². The molecule has 18 heavy (non-hydrogen) atoms. The number of carboxylic acid groups (broad SMARTS) is 1. The number of nitrogens with zero attached hydrogens (tertiary/aromatic N) is 2. The van der Waals surface area contributed by atoms with E-state index < -0.39 is 5.97 Å². The van der Waals surface area contributed by atoms with E-state index in [1.807, 2.05) is 40.0 Å². The molecule has 1 N–H and O–H groups in total. The molecule has 94 valence electrons. The Morgan fingerprint density at radius 2 is 1.94 bits per heavy atom. The lowest BCUT2D eigenvalue weighted by Gasteiger charge is -2.08. The third kappa shape index (κ3) is 1.90. The first kappa shape index (κ1) is 12.4. The average Bonchev–Trinajstić information content (AvgIpc) is 2.54. The first-order valence-corrected chi connectivity index (χ1v) is 5.76. The van der Waals surface area contributed by atoms with Crippen molar-refractivity contribution in [3.8, 4) is 11.1 Å². The van der Waals surface area contributed by atoms with Crippen LogP contribution in [0.2, 0.25) is 0 Å². The number of aromatic nitrogens is 2. The monoisotopic (exact) mass is 244 g/mol. The molecule has 2 aromatic rings. The predicted molar refractivity (Wildman–Crippen MR) is 69.8 cm³/mol. The Bertz CT molecular complexity index is 627. The summed E-state index contributed by atoms with van der Waals surface area (Å²) < 4.78 is 1.77. The number of hydrogen-bond donors (Lipinski definition) is 1. The van der Waals surface area contributed by atoms with Crippen LogP contribution in [0.25, 0.3) is 11.1 Å². The van der Waals surface area contributed by atoms with E-state index in [1.165, 1.54) is 0 Å². The summed E-state index contributed by atoms with van der Waals surface area (Å²) in [6.07, 6.45) is 0. The quantitative estimate of drug-likeness (QED) is 0.883. The second kappa shape index (κ2) is 4.29. The van der Waals surface area contributed by atoms with Crippen LogP contribution in [0.5, 0.6) is 0 Å². The lowest BCUT2D eigenvalue weighted by atomic mass is 9.96. The van der Waals surface area contributed by atoms with Gasteiger partial charge in [0.15, 0.2) is 0 Å². The van der Waals surface area contributed by atoms with Crippen molar-refractivity contribution >= 4 is 5.97 Å². The van der Waals surface area contributed by atoms with Gasteiger partial charge in [-0.1, -0.05) is 17.7 Å². The summed E-state index contributed by atoms with van der Waals surface area (Å²) in [6.45, 7) is 5.73. The van der Waals surface area contributed by atoms with Crippen molar-refractivity contribution in [1.29, 1.82) is 0 Å². The normalized spacial score (nSPS) is 10.7. The molecule has 0 aliphatic rings. The number of carbonyl (C=O) groups is 1. The van der Waals surface area contributed by atoms with Crippen LogP contribution in [0.15, 0.2) is 18.2 Å². The molecular weight excluding hydrogens is 228 g/mol. The van der Waals surface area contributed by atoms with E-state index in [-0.39, 0.29) is 0 Å². The van der Waals surface area contributed by atoms with Crippen molar-refractivity contribution in [2.45, 2.75) is 20.8 Å². The van der Waals surface area contributed by atoms with Crippen LogP contribution in [0.4, 0.5) is 0 Å². The molecule has 1 aromatic heterocycles. The molecule has 0 aliphatic carbocycles. The highest BCUT2D eigenvalue weighted by molar-refractivity contribution is 5.97. The molecule has 2 rings (SSSR count). The van der Waals surface area contributed by atoms with E-state index in [9.17, 15) is 9.90 Å². The van der Waals surface area contributed by atoms with Gasteiger partial charge in [0.25, 0.3) is 0 Å². The minimum atomic E-state index is -0.906. The Morgan fingerprint density at radius 1 is 1.28 bits per heavy atom. The molecule has 1 heterocycles. The van der Waals surface area contributed by atoms with Gasteiger partial charge in [-0.05, 0) is 32.4 Å². The van der Waals surface area contributed by atoms with Gasteiger partial charge in [-0.3, -0.25) is 4.68 Å². The van der Waals surface area contributed by atoms with Crippen molar-refractivity contribution < 1.29 is 9.90 Å². The molecule has 0 aliphatic heterocycles. The van der Waals surface area contributed by atoms with E-state index in [0.29, 0.717) is 5.56 Å². The second-order valence-corrected chi connectivity index (χ2v) is 4.52. The van der Waals surface area contributed by atoms with Gasteiger partial charge < -0.3 is 5.11 Å². The first-order valence-electron chi connectivity index (χ1n) is 5.76. The third-order valence-electron chi connectivity index (χ3n) is 3.18. The largest absolute Gasteiger partial charge is 0.478 e. The van der Waals surface area contributed by atoms with E-state index in [4.69, 9.17) is 0 Å². The molecule has 0 unspecified atom stereocenters. The van der Waals surface area contributed by atoms with Crippen LogP contribution in [-0.4, -0.2) is 20.9 Å². The van der Waals surface area contributed by atoms with E-state index >= 15 is 0 Å². The fraction of sp³-hybridized carbons (Fsp3) is 0.286. The van der Waals surface area contributed by atoms with Crippen molar-refractivity contribution in [3.63, 3.8) is 0 Å². The van der Waals surface area contributed by atoms with Crippen molar-refractivity contribution in [2.75, 3.05) is 0 Å². The van der Waals surface area contributed by atoms with E-state index in [1.54, 1.807) is 10.7 Å². The van der Waals surface area contributed by atoms with Crippen LogP contribution in [0.3, 0.4) is 0 Å². The smallest absolute Gasteiger partial charge is 0.336 e. The molecule has 4 heteroatoms. The fourth-order valence-corrected chi connectivity index (χ4v) is 2.22. The maximum Gasteiger partial charge on any atom is 0.336 e. The van der Waals surface area contributed by atoms with Crippen molar-refractivity contribution in [2.24, 2.45) is 7.05 Å². The maximum atomic E-state index is 11.3. The summed E-state index contributed by atoms with van der Waals surface area (Å²) in [5.41, 5.74) is 4.73. The zero-order chi connectivity index (χ0) is 13.4. The van der Waals surface area contributed by atoms with E-state index in [0.717, 1.165) is 28.1 Å². The van der Waals surface area contributed by atoms with Gasteiger partial charge in [0, 0.05) is 18.3 Å². The molecule has 0 amide bonds. The Balaban J connectivity index is 2.75. The lowest BCUT2D eigenvalue weighted by molar-refractivity contribution is 0.0697. The predicted octanol–water partition coefficient (Wildman–Crippen LogP) is 2.71. The Kier molecular flexibility index (Phi) is 2.95.